The number of alkyl carbamates (subject to hydrolysis) is 1. The maximum absolute atomic E-state index is 14.0. The van der Waals surface area contributed by atoms with E-state index in [0.29, 0.717) is 17.5 Å². The molecule has 3 amide bonds. The van der Waals surface area contributed by atoms with Crippen LogP contribution in [0, 0.1) is 18.3 Å². The highest BCUT2D eigenvalue weighted by Crippen LogP contribution is 2.29. The smallest absolute Gasteiger partial charge is 0.408 e. The van der Waals surface area contributed by atoms with E-state index in [1.165, 1.54) is 4.90 Å². The second-order valence-electron chi connectivity index (χ2n) is 11.5. The summed E-state index contributed by atoms with van der Waals surface area (Å²) in [5.41, 5.74) is -0.160. The van der Waals surface area contributed by atoms with Crippen LogP contribution in [0.4, 0.5) is 4.79 Å². The Morgan fingerprint density at radius 1 is 1.03 bits per heavy atom. The fourth-order valence-electron chi connectivity index (χ4n) is 3.72. The molecule has 0 spiro atoms. The van der Waals surface area contributed by atoms with Gasteiger partial charge in [0.2, 0.25) is 11.8 Å². The van der Waals surface area contributed by atoms with Gasteiger partial charge in [0.05, 0.1) is 0 Å². The molecular formula is C28H43N3O4. The lowest BCUT2D eigenvalue weighted by Crippen LogP contribution is -2.56. The fourth-order valence-corrected chi connectivity index (χ4v) is 3.72. The molecule has 194 valence electrons. The van der Waals surface area contributed by atoms with Crippen LogP contribution in [0.1, 0.15) is 92.8 Å². The summed E-state index contributed by atoms with van der Waals surface area (Å²) in [6, 6.07) is 4.88. The molecule has 0 aliphatic heterocycles. The van der Waals surface area contributed by atoms with Gasteiger partial charge in [-0.1, -0.05) is 38.0 Å². The Morgan fingerprint density at radius 3 is 2.06 bits per heavy atom. The van der Waals surface area contributed by atoms with Gasteiger partial charge in [-0.25, -0.2) is 4.79 Å². The lowest BCUT2D eigenvalue weighted by Gasteiger charge is -2.39. The van der Waals surface area contributed by atoms with E-state index in [1.54, 1.807) is 45.0 Å². The third-order valence-electron chi connectivity index (χ3n) is 4.94. The third kappa shape index (κ3) is 9.64. The van der Waals surface area contributed by atoms with Crippen LogP contribution < -0.4 is 10.6 Å². The Balaban J connectivity index is 3.59. The minimum Gasteiger partial charge on any atom is -0.444 e. The quantitative estimate of drug-likeness (QED) is 0.518. The molecule has 0 aliphatic carbocycles. The van der Waals surface area contributed by atoms with E-state index in [-0.39, 0.29) is 23.8 Å². The number of ether oxygens (including phenoxy) is 1. The Hall–Kier alpha value is -3.01. The summed E-state index contributed by atoms with van der Waals surface area (Å²) in [6.07, 6.45) is 5.46. The van der Waals surface area contributed by atoms with Crippen LogP contribution in [0.25, 0.3) is 0 Å². The normalized spacial score (nSPS) is 13.6. The number of nitrogens with zero attached hydrogens (tertiary/aromatic N) is 1. The molecule has 2 unspecified atom stereocenters. The van der Waals surface area contributed by atoms with Crippen molar-refractivity contribution in [2.75, 3.05) is 0 Å². The largest absolute Gasteiger partial charge is 0.444 e. The maximum Gasteiger partial charge on any atom is 0.408 e. The first kappa shape index (κ1) is 30.0. The molecule has 7 heteroatoms. The summed E-state index contributed by atoms with van der Waals surface area (Å²) in [5.74, 6) is 2.02. The molecule has 1 aromatic rings. The number of benzene rings is 1. The first-order valence-electron chi connectivity index (χ1n) is 12.2. The Labute approximate surface area is 211 Å². The van der Waals surface area contributed by atoms with Gasteiger partial charge in [-0.2, -0.15) is 0 Å². The average molecular weight is 486 g/mol. The van der Waals surface area contributed by atoms with Crippen molar-refractivity contribution in [1.29, 1.82) is 0 Å². The summed E-state index contributed by atoms with van der Waals surface area (Å²) in [5, 5.41) is 5.74. The molecule has 0 aliphatic rings. The maximum atomic E-state index is 14.0. The number of rotatable bonds is 8. The highest BCUT2D eigenvalue weighted by atomic mass is 16.6. The van der Waals surface area contributed by atoms with Gasteiger partial charge in [-0.15, -0.1) is 6.42 Å². The predicted octanol–water partition coefficient (Wildman–Crippen LogP) is 4.80. The second kappa shape index (κ2) is 12.1. The van der Waals surface area contributed by atoms with Crippen molar-refractivity contribution in [2.45, 2.75) is 105 Å². The average Bonchev–Trinajstić information content (AvgIpc) is 2.67. The number of hydrogen-bond acceptors (Lipinski definition) is 4. The van der Waals surface area contributed by atoms with Crippen molar-refractivity contribution in [2.24, 2.45) is 5.92 Å². The van der Waals surface area contributed by atoms with Crippen LogP contribution in [-0.2, 0) is 14.3 Å². The second-order valence-corrected chi connectivity index (χ2v) is 11.5. The summed E-state index contributed by atoms with van der Waals surface area (Å²) in [6.45, 7) is 18.5. The highest BCUT2D eigenvalue weighted by Gasteiger charge is 2.39. The van der Waals surface area contributed by atoms with Gasteiger partial charge in [0, 0.05) is 17.1 Å². The molecule has 2 N–H and O–H groups in total. The highest BCUT2D eigenvalue weighted by molar-refractivity contribution is 5.93. The molecule has 0 aromatic heterocycles. The van der Waals surface area contributed by atoms with E-state index < -0.39 is 29.3 Å². The monoisotopic (exact) mass is 485 g/mol. The number of terminal acetylenes is 1. The first-order chi connectivity index (χ1) is 16.0. The first-order valence-corrected chi connectivity index (χ1v) is 12.2. The molecule has 2 atom stereocenters. The van der Waals surface area contributed by atoms with E-state index in [9.17, 15) is 14.4 Å². The van der Waals surface area contributed by atoms with Crippen LogP contribution in [-0.4, -0.2) is 46.0 Å². The zero-order chi connectivity index (χ0) is 27.1. The standard InChI is InChI=1S/C28H43N3O4/c1-12-20-15-13-14-16-21(20)23(24(32)30-27(6,7)8)31(19(4)5)25(33)22(17-18(2)3)29-26(34)35-28(9,10)11/h1,13-16,18-19,22-23H,17H2,2-11H3,(H,29,34)(H,30,32). The lowest BCUT2D eigenvalue weighted by molar-refractivity contribution is -0.145. The number of nitrogens with one attached hydrogen (secondary N) is 2. The van der Waals surface area contributed by atoms with Crippen LogP contribution in [0.2, 0.25) is 0 Å². The SMILES string of the molecule is C#Cc1ccccc1C(C(=O)NC(C)(C)C)N(C(=O)C(CC(C)C)NC(=O)OC(C)(C)C)C(C)C. The van der Waals surface area contributed by atoms with Crippen molar-refractivity contribution < 1.29 is 19.1 Å². The number of carbonyl (C=O) groups is 3. The minimum atomic E-state index is -0.982. The topological polar surface area (TPSA) is 87.7 Å². The third-order valence-corrected chi connectivity index (χ3v) is 4.94. The number of carbonyl (C=O) groups excluding carboxylic acids is 3. The Bertz CT molecular complexity index is 933. The van der Waals surface area contributed by atoms with Gasteiger partial charge >= 0.3 is 6.09 Å². The van der Waals surface area contributed by atoms with Crippen molar-refractivity contribution >= 4 is 17.9 Å². The van der Waals surface area contributed by atoms with Crippen LogP contribution >= 0.6 is 0 Å². The predicted molar refractivity (Wildman–Crippen MR) is 140 cm³/mol. The number of amides is 3. The van der Waals surface area contributed by atoms with Crippen molar-refractivity contribution in [3.05, 3.63) is 35.4 Å². The molecule has 1 rings (SSSR count). The Morgan fingerprint density at radius 2 is 1.60 bits per heavy atom. The summed E-state index contributed by atoms with van der Waals surface area (Å²) in [4.78, 5) is 41.8. The van der Waals surface area contributed by atoms with Gasteiger partial charge < -0.3 is 20.3 Å². The molecule has 0 bridgehead atoms. The molecule has 7 nitrogen and oxygen atoms in total. The molecule has 0 heterocycles. The van der Waals surface area contributed by atoms with Crippen molar-refractivity contribution in [3.8, 4) is 12.3 Å². The summed E-state index contributed by atoms with van der Waals surface area (Å²) >= 11 is 0. The minimum absolute atomic E-state index is 0.104. The summed E-state index contributed by atoms with van der Waals surface area (Å²) in [7, 11) is 0. The molecular weight excluding hydrogens is 442 g/mol. The van der Waals surface area contributed by atoms with Crippen molar-refractivity contribution in [3.63, 3.8) is 0 Å². The van der Waals surface area contributed by atoms with Crippen LogP contribution in [0.5, 0.6) is 0 Å². The molecule has 0 radical (unpaired) electrons. The molecule has 0 saturated heterocycles. The molecule has 35 heavy (non-hydrogen) atoms. The van der Waals surface area contributed by atoms with E-state index in [0.717, 1.165) is 0 Å². The van der Waals surface area contributed by atoms with Gasteiger partial charge in [0.1, 0.15) is 17.7 Å². The van der Waals surface area contributed by atoms with Crippen LogP contribution in [0.15, 0.2) is 24.3 Å². The van der Waals surface area contributed by atoms with Crippen LogP contribution in [0.3, 0.4) is 0 Å². The Kier molecular flexibility index (Phi) is 10.4. The van der Waals surface area contributed by atoms with Gasteiger partial charge in [0.15, 0.2) is 0 Å². The fraction of sp³-hybridized carbons (Fsp3) is 0.607. The van der Waals surface area contributed by atoms with E-state index in [4.69, 9.17) is 11.2 Å². The van der Waals surface area contributed by atoms with Gasteiger partial charge in [0.25, 0.3) is 0 Å². The molecule has 1 aromatic carbocycles. The van der Waals surface area contributed by atoms with Gasteiger partial charge in [-0.05, 0) is 79.4 Å². The number of hydrogen-bond donors (Lipinski definition) is 2. The zero-order valence-electron chi connectivity index (χ0n) is 23.0. The summed E-state index contributed by atoms with van der Waals surface area (Å²) < 4.78 is 5.41. The van der Waals surface area contributed by atoms with Gasteiger partial charge in [-0.3, -0.25) is 9.59 Å². The van der Waals surface area contributed by atoms with E-state index in [2.05, 4.69) is 16.6 Å². The zero-order valence-corrected chi connectivity index (χ0v) is 23.0. The molecule has 0 saturated carbocycles. The lowest BCUT2D eigenvalue weighted by atomic mass is 9.94. The van der Waals surface area contributed by atoms with Crippen molar-refractivity contribution in [1.82, 2.24) is 15.5 Å². The molecule has 0 fully saturated rings. The van der Waals surface area contributed by atoms with E-state index >= 15 is 0 Å². The van der Waals surface area contributed by atoms with E-state index in [1.807, 2.05) is 48.5 Å².